The fraction of sp³-hybridized carbons (Fsp3) is 0.417. The van der Waals surface area contributed by atoms with Crippen molar-refractivity contribution in [2.75, 3.05) is 24.6 Å². The maximum atomic E-state index is 12.1. The predicted octanol–water partition coefficient (Wildman–Crippen LogP) is 1.72. The number of carbonyl (C=O) groups is 1. The molecular weight excluding hydrogens is 202 g/mol. The highest BCUT2D eigenvalue weighted by Crippen LogP contribution is 2.17. The third-order valence-electron chi connectivity index (χ3n) is 2.47. The first-order valence-electron chi connectivity index (χ1n) is 5.54. The van der Waals surface area contributed by atoms with Crippen molar-refractivity contribution >= 4 is 17.3 Å². The Kier molecular flexibility index (Phi) is 4.17. The van der Waals surface area contributed by atoms with E-state index in [1.165, 1.54) is 0 Å². The molecule has 0 spiro atoms. The minimum Gasteiger partial charge on any atom is -0.399 e. The molecule has 4 N–H and O–H groups in total. The van der Waals surface area contributed by atoms with Crippen LogP contribution in [0.1, 0.15) is 30.6 Å². The van der Waals surface area contributed by atoms with Gasteiger partial charge in [-0.2, -0.15) is 0 Å². The quantitative estimate of drug-likeness (QED) is 0.760. The van der Waals surface area contributed by atoms with E-state index >= 15 is 0 Å². The molecule has 0 aliphatic heterocycles. The van der Waals surface area contributed by atoms with Gasteiger partial charge >= 0.3 is 0 Å². The molecule has 4 heteroatoms. The van der Waals surface area contributed by atoms with Gasteiger partial charge in [-0.15, -0.1) is 0 Å². The minimum absolute atomic E-state index is 0.0261. The molecule has 4 nitrogen and oxygen atoms in total. The molecule has 0 atom stereocenters. The van der Waals surface area contributed by atoms with E-state index < -0.39 is 0 Å². The first-order valence-corrected chi connectivity index (χ1v) is 5.54. The van der Waals surface area contributed by atoms with Crippen LogP contribution in [0.2, 0.25) is 0 Å². The third-order valence-corrected chi connectivity index (χ3v) is 2.47. The molecule has 0 unspecified atom stereocenters. The molecule has 1 aromatic rings. The van der Waals surface area contributed by atoms with Crippen LogP contribution in [0.3, 0.4) is 0 Å². The van der Waals surface area contributed by atoms with Crippen molar-refractivity contribution in [3.63, 3.8) is 0 Å². The Bertz CT molecular complexity index is 377. The first kappa shape index (κ1) is 12.4. The molecule has 88 valence electrons. The van der Waals surface area contributed by atoms with Crippen molar-refractivity contribution in [2.24, 2.45) is 0 Å². The number of benzene rings is 1. The van der Waals surface area contributed by atoms with E-state index in [9.17, 15) is 4.79 Å². The topological polar surface area (TPSA) is 72.3 Å². The van der Waals surface area contributed by atoms with E-state index in [0.717, 1.165) is 13.0 Å². The summed E-state index contributed by atoms with van der Waals surface area (Å²) in [6, 6.07) is 5.00. The van der Waals surface area contributed by atoms with Gasteiger partial charge in [-0.3, -0.25) is 4.79 Å². The molecule has 0 heterocycles. The Morgan fingerprint density at radius 3 is 2.50 bits per heavy atom. The van der Waals surface area contributed by atoms with Crippen LogP contribution in [0, 0.1) is 0 Å². The lowest BCUT2D eigenvalue weighted by atomic mass is 10.1. The summed E-state index contributed by atoms with van der Waals surface area (Å²) in [5, 5.41) is 0. The number of carbonyl (C=O) groups excluding carboxylic acids is 1. The molecule has 0 saturated carbocycles. The minimum atomic E-state index is -0.0261. The van der Waals surface area contributed by atoms with Crippen molar-refractivity contribution in [2.45, 2.75) is 20.3 Å². The summed E-state index contributed by atoms with van der Waals surface area (Å²) in [7, 11) is 0. The van der Waals surface area contributed by atoms with Gasteiger partial charge in [0.25, 0.3) is 5.91 Å². The Morgan fingerprint density at radius 2 is 2.00 bits per heavy atom. The van der Waals surface area contributed by atoms with E-state index in [4.69, 9.17) is 11.5 Å². The maximum Gasteiger partial charge on any atom is 0.255 e. The van der Waals surface area contributed by atoms with Gasteiger partial charge < -0.3 is 16.4 Å². The molecule has 0 bridgehead atoms. The van der Waals surface area contributed by atoms with Gasteiger partial charge in [0, 0.05) is 24.5 Å². The van der Waals surface area contributed by atoms with E-state index in [1.807, 2.05) is 13.8 Å². The highest BCUT2D eigenvalue weighted by Gasteiger charge is 2.15. The van der Waals surface area contributed by atoms with Gasteiger partial charge in [0.15, 0.2) is 0 Å². The fourth-order valence-electron chi connectivity index (χ4n) is 1.62. The molecule has 0 saturated heterocycles. The monoisotopic (exact) mass is 221 g/mol. The zero-order valence-electron chi connectivity index (χ0n) is 9.86. The number of rotatable bonds is 4. The standard InChI is InChI=1S/C12H19N3O/c1-3-7-15(4-2)12(16)10-6-5-9(13)8-11(10)14/h5-6,8H,3-4,7,13-14H2,1-2H3. The Morgan fingerprint density at radius 1 is 1.31 bits per heavy atom. The van der Waals surface area contributed by atoms with Crippen molar-refractivity contribution in [1.29, 1.82) is 0 Å². The Hall–Kier alpha value is -1.71. The van der Waals surface area contributed by atoms with Crippen molar-refractivity contribution < 1.29 is 4.79 Å². The summed E-state index contributed by atoms with van der Waals surface area (Å²) >= 11 is 0. The summed E-state index contributed by atoms with van der Waals surface area (Å²) < 4.78 is 0. The Balaban J connectivity index is 2.94. The summed E-state index contributed by atoms with van der Waals surface area (Å²) in [6.07, 6.45) is 0.939. The van der Waals surface area contributed by atoms with Crippen LogP contribution in [0.4, 0.5) is 11.4 Å². The van der Waals surface area contributed by atoms with Crippen LogP contribution in [0.25, 0.3) is 0 Å². The van der Waals surface area contributed by atoms with Crippen LogP contribution < -0.4 is 11.5 Å². The van der Waals surface area contributed by atoms with Gasteiger partial charge in [-0.1, -0.05) is 6.92 Å². The summed E-state index contributed by atoms with van der Waals surface area (Å²) in [5.74, 6) is -0.0261. The summed E-state index contributed by atoms with van der Waals surface area (Å²) in [6.45, 7) is 5.44. The van der Waals surface area contributed by atoms with Gasteiger partial charge in [0.05, 0.1) is 5.56 Å². The van der Waals surface area contributed by atoms with Gasteiger partial charge in [0.1, 0.15) is 0 Å². The zero-order chi connectivity index (χ0) is 12.1. The van der Waals surface area contributed by atoms with Gasteiger partial charge in [0.2, 0.25) is 0 Å². The number of hydrogen-bond donors (Lipinski definition) is 2. The van der Waals surface area contributed by atoms with Gasteiger partial charge in [-0.25, -0.2) is 0 Å². The maximum absolute atomic E-state index is 12.1. The molecule has 0 aromatic heterocycles. The lowest BCUT2D eigenvalue weighted by Gasteiger charge is -2.20. The number of hydrogen-bond acceptors (Lipinski definition) is 3. The second kappa shape index (κ2) is 5.39. The largest absolute Gasteiger partial charge is 0.399 e. The molecule has 0 radical (unpaired) electrons. The number of anilines is 2. The van der Waals surface area contributed by atoms with Crippen LogP contribution in [0.15, 0.2) is 18.2 Å². The van der Waals surface area contributed by atoms with Crippen molar-refractivity contribution in [3.8, 4) is 0 Å². The van der Waals surface area contributed by atoms with Crippen LogP contribution >= 0.6 is 0 Å². The van der Waals surface area contributed by atoms with Crippen LogP contribution in [0.5, 0.6) is 0 Å². The number of amides is 1. The van der Waals surface area contributed by atoms with E-state index in [0.29, 0.717) is 23.5 Å². The van der Waals surface area contributed by atoms with E-state index in [2.05, 4.69) is 0 Å². The number of nitrogens with two attached hydrogens (primary N) is 2. The number of nitrogen functional groups attached to an aromatic ring is 2. The lowest BCUT2D eigenvalue weighted by Crippen LogP contribution is -2.32. The highest BCUT2D eigenvalue weighted by molar-refractivity contribution is 5.99. The molecule has 0 fully saturated rings. The normalized spacial score (nSPS) is 10.1. The predicted molar refractivity (Wildman–Crippen MR) is 67.1 cm³/mol. The van der Waals surface area contributed by atoms with Crippen LogP contribution in [-0.4, -0.2) is 23.9 Å². The van der Waals surface area contributed by atoms with E-state index in [1.54, 1.807) is 23.1 Å². The molecule has 1 aromatic carbocycles. The summed E-state index contributed by atoms with van der Waals surface area (Å²) in [5.41, 5.74) is 12.9. The second-order valence-electron chi connectivity index (χ2n) is 3.73. The molecular formula is C12H19N3O. The van der Waals surface area contributed by atoms with E-state index in [-0.39, 0.29) is 5.91 Å². The lowest BCUT2D eigenvalue weighted by molar-refractivity contribution is 0.0765. The third kappa shape index (κ3) is 2.66. The average Bonchev–Trinajstić information content (AvgIpc) is 2.25. The van der Waals surface area contributed by atoms with Crippen molar-refractivity contribution in [3.05, 3.63) is 23.8 Å². The average molecular weight is 221 g/mol. The molecule has 1 amide bonds. The van der Waals surface area contributed by atoms with Gasteiger partial charge in [-0.05, 0) is 31.5 Å². The zero-order valence-corrected chi connectivity index (χ0v) is 9.86. The second-order valence-corrected chi connectivity index (χ2v) is 3.73. The first-order chi connectivity index (χ1) is 7.60. The highest BCUT2D eigenvalue weighted by atomic mass is 16.2. The smallest absolute Gasteiger partial charge is 0.255 e. The fourth-order valence-corrected chi connectivity index (χ4v) is 1.62. The molecule has 0 aliphatic rings. The SMILES string of the molecule is CCCN(CC)C(=O)c1ccc(N)cc1N. The molecule has 1 rings (SSSR count). The number of nitrogens with zero attached hydrogens (tertiary/aromatic N) is 1. The van der Waals surface area contributed by atoms with Crippen LogP contribution in [-0.2, 0) is 0 Å². The molecule has 16 heavy (non-hydrogen) atoms. The summed E-state index contributed by atoms with van der Waals surface area (Å²) in [4.78, 5) is 13.9. The van der Waals surface area contributed by atoms with Crippen molar-refractivity contribution in [1.82, 2.24) is 4.90 Å². The Labute approximate surface area is 96.2 Å². The molecule has 0 aliphatic carbocycles.